The lowest BCUT2D eigenvalue weighted by Gasteiger charge is -2.04. The molecule has 8 nitrogen and oxygen atoms in total. The molecular formula is C6H14N6O2. The van der Waals surface area contributed by atoms with Crippen molar-refractivity contribution in [2.75, 3.05) is 0 Å². The Morgan fingerprint density at radius 1 is 1.29 bits per heavy atom. The number of hydrazone groups is 1. The van der Waals surface area contributed by atoms with Crippen LogP contribution in [0.3, 0.4) is 0 Å². The summed E-state index contributed by atoms with van der Waals surface area (Å²) in [7, 11) is 0. The highest BCUT2D eigenvalue weighted by molar-refractivity contribution is 5.83. The van der Waals surface area contributed by atoms with Gasteiger partial charge in [0.15, 0.2) is 0 Å². The summed E-state index contributed by atoms with van der Waals surface area (Å²) in [5.41, 5.74) is 16.3. The third-order valence-electron chi connectivity index (χ3n) is 1.09. The molecule has 3 amide bonds. The summed E-state index contributed by atoms with van der Waals surface area (Å²) in [4.78, 5) is 21.1. The molecule has 0 bridgehead atoms. The smallest absolute Gasteiger partial charge is 0.330 e. The number of nitrogens with zero attached hydrogens (tertiary/aromatic N) is 1. The van der Waals surface area contributed by atoms with Gasteiger partial charge in [-0.05, 0) is 6.42 Å². The molecule has 7 N–H and O–H groups in total. The number of hydrogen-bond donors (Lipinski definition) is 5. The Morgan fingerprint density at radius 3 is 2.43 bits per heavy atom. The highest BCUT2D eigenvalue weighted by atomic mass is 16.2. The molecule has 0 aromatic rings. The minimum atomic E-state index is -0.803. The molecule has 0 aliphatic rings. The van der Waals surface area contributed by atoms with E-state index in [4.69, 9.17) is 11.5 Å². The maximum Gasteiger partial charge on any atom is 0.330 e. The second-order valence-corrected chi connectivity index (χ2v) is 2.40. The van der Waals surface area contributed by atoms with Crippen LogP contribution in [-0.2, 0) is 4.79 Å². The van der Waals surface area contributed by atoms with Crippen LogP contribution in [0.15, 0.2) is 5.10 Å². The van der Waals surface area contributed by atoms with Gasteiger partial charge < -0.3 is 11.5 Å². The lowest BCUT2D eigenvalue weighted by molar-refractivity contribution is -0.121. The first-order chi connectivity index (χ1) is 6.56. The number of amides is 3. The molecule has 8 heteroatoms. The SMILES string of the molecule is CCCC(=O)NN=C(N)NNC(N)=O. The molecule has 0 heterocycles. The summed E-state index contributed by atoms with van der Waals surface area (Å²) < 4.78 is 0. The molecule has 0 aromatic carbocycles. The lowest BCUT2D eigenvalue weighted by Crippen LogP contribution is -2.48. The van der Waals surface area contributed by atoms with Gasteiger partial charge in [0.25, 0.3) is 0 Å². The largest absolute Gasteiger partial charge is 0.367 e. The Morgan fingerprint density at radius 2 is 1.93 bits per heavy atom. The summed E-state index contributed by atoms with van der Waals surface area (Å²) in [6, 6.07) is -0.803. The molecule has 0 radical (unpaired) electrons. The van der Waals surface area contributed by atoms with Gasteiger partial charge in [0.05, 0.1) is 0 Å². The summed E-state index contributed by atoms with van der Waals surface area (Å²) in [5, 5.41) is 3.43. The fourth-order valence-electron chi connectivity index (χ4n) is 0.559. The molecule has 0 aliphatic heterocycles. The average Bonchev–Trinajstić information content (AvgIpc) is 2.12. The number of primary amides is 1. The first kappa shape index (κ1) is 12.0. The minimum absolute atomic E-state index is 0.159. The lowest BCUT2D eigenvalue weighted by atomic mass is 10.3. The molecule has 0 aliphatic carbocycles. The first-order valence-corrected chi connectivity index (χ1v) is 3.99. The second kappa shape index (κ2) is 6.52. The van der Waals surface area contributed by atoms with E-state index in [9.17, 15) is 9.59 Å². The fourth-order valence-corrected chi connectivity index (χ4v) is 0.559. The van der Waals surface area contributed by atoms with Gasteiger partial charge in [-0.15, -0.1) is 5.10 Å². The van der Waals surface area contributed by atoms with Gasteiger partial charge in [0, 0.05) is 6.42 Å². The standard InChI is InChI=1S/C6H14N6O2/c1-2-3-4(13)9-10-5(7)11-12-6(8)14/h2-3H2,1H3,(H,9,13)(H3,7,10,11)(H3,8,12,14). The second-order valence-electron chi connectivity index (χ2n) is 2.40. The summed E-state index contributed by atoms with van der Waals surface area (Å²) in [6.07, 6.45) is 1.08. The summed E-state index contributed by atoms with van der Waals surface area (Å²) >= 11 is 0. The van der Waals surface area contributed by atoms with E-state index in [1.807, 2.05) is 12.3 Å². The number of carbonyl (C=O) groups excluding carboxylic acids is 2. The molecule has 0 fully saturated rings. The Hall–Kier alpha value is -1.99. The van der Waals surface area contributed by atoms with Crippen molar-refractivity contribution in [1.29, 1.82) is 0 Å². The zero-order chi connectivity index (χ0) is 11.0. The molecule has 0 saturated heterocycles. The third-order valence-corrected chi connectivity index (χ3v) is 1.09. The van der Waals surface area contributed by atoms with Crippen molar-refractivity contribution >= 4 is 17.9 Å². The zero-order valence-corrected chi connectivity index (χ0v) is 7.83. The van der Waals surface area contributed by atoms with Gasteiger partial charge in [-0.3, -0.25) is 10.2 Å². The van der Waals surface area contributed by atoms with Crippen molar-refractivity contribution in [3.05, 3.63) is 0 Å². The molecule has 0 rings (SSSR count). The molecule has 80 valence electrons. The Kier molecular flexibility index (Phi) is 5.59. The fraction of sp³-hybridized carbons (Fsp3) is 0.500. The minimum Gasteiger partial charge on any atom is -0.367 e. The van der Waals surface area contributed by atoms with Crippen LogP contribution in [0.4, 0.5) is 4.79 Å². The van der Waals surface area contributed by atoms with Gasteiger partial charge in [-0.25, -0.2) is 15.6 Å². The zero-order valence-electron chi connectivity index (χ0n) is 7.83. The van der Waals surface area contributed by atoms with Crippen LogP contribution in [0.5, 0.6) is 0 Å². The van der Waals surface area contributed by atoms with E-state index < -0.39 is 6.03 Å². The summed E-state index contributed by atoms with van der Waals surface area (Å²) in [5.74, 6) is -0.412. The molecular weight excluding hydrogens is 188 g/mol. The van der Waals surface area contributed by atoms with Crippen molar-refractivity contribution in [2.45, 2.75) is 19.8 Å². The number of hydrogen-bond acceptors (Lipinski definition) is 3. The first-order valence-electron chi connectivity index (χ1n) is 3.99. The topological polar surface area (TPSA) is 135 Å². The van der Waals surface area contributed by atoms with Crippen LogP contribution in [0.25, 0.3) is 0 Å². The van der Waals surface area contributed by atoms with E-state index in [0.717, 1.165) is 0 Å². The van der Waals surface area contributed by atoms with E-state index in [0.29, 0.717) is 12.8 Å². The molecule has 0 saturated carbocycles. The highest BCUT2D eigenvalue weighted by Gasteiger charge is 1.97. The predicted molar refractivity (Wildman–Crippen MR) is 50.5 cm³/mol. The van der Waals surface area contributed by atoms with Gasteiger partial charge in [-0.1, -0.05) is 6.92 Å². The van der Waals surface area contributed by atoms with Gasteiger partial charge in [0.2, 0.25) is 11.9 Å². The van der Waals surface area contributed by atoms with Crippen LogP contribution in [0, 0.1) is 0 Å². The van der Waals surface area contributed by atoms with Crippen LogP contribution >= 0.6 is 0 Å². The monoisotopic (exact) mass is 202 g/mol. The predicted octanol–water partition coefficient (Wildman–Crippen LogP) is -1.69. The van der Waals surface area contributed by atoms with Crippen LogP contribution < -0.4 is 27.7 Å². The van der Waals surface area contributed by atoms with E-state index in [1.54, 1.807) is 0 Å². The van der Waals surface area contributed by atoms with Crippen molar-refractivity contribution in [2.24, 2.45) is 16.6 Å². The summed E-state index contributed by atoms with van der Waals surface area (Å²) in [6.45, 7) is 1.86. The number of guanidine groups is 1. The highest BCUT2D eigenvalue weighted by Crippen LogP contribution is 1.84. The molecule has 0 aromatic heterocycles. The van der Waals surface area contributed by atoms with Crippen LogP contribution in [0.2, 0.25) is 0 Å². The van der Waals surface area contributed by atoms with Gasteiger partial charge in [-0.2, -0.15) is 0 Å². The molecule has 14 heavy (non-hydrogen) atoms. The third kappa shape index (κ3) is 6.70. The quantitative estimate of drug-likeness (QED) is 0.212. The molecule has 0 atom stereocenters. The van der Waals surface area contributed by atoms with Gasteiger partial charge >= 0.3 is 6.03 Å². The molecule has 0 unspecified atom stereocenters. The van der Waals surface area contributed by atoms with Crippen molar-refractivity contribution in [3.8, 4) is 0 Å². The Balaban J connectivity index is 3.75. The molecule has 0 spiro atoms. The number of hydrazine groups is 1. The van der Waals surface area contributed by atoms with E-state index in [1.165, 1.54) is 0 Å². The van der Waals surface area contributed by atoms with Crippen LogP contribution in [0.1, 0.15) is 19.8 Å². The van der Waals surface area contributed by atoms with Crippen molar-refractivity contribution < 1.29 is 9.59 Å². The average molecular weight is 202 g/mol. The maximum atomic E-state index is 10.9. The van der Waals surface area contributed by atoms with E-state index in [2.05, 4.69) is 16.0 Å². The van der Waals surface area contributed by atoms with Crippen molar-refractivity contribution in [1.82, 2.24) is 16.3 Å². The van der Waals surface area contributed by atoms with E-state index in [-0.39, 0.29) is 11.9 Å². The van der Waals surface area contributed by atoms with Crippen molar-refractivity contribution in [3.63, 3.8) is 0 Å². The number of urea groups is 1. The Labute approximate surface area is 81.1 Å². The van der Waals surface area contributed by atoms with Gasteiger partial charge in [0.1, 0.15) is 0 Å². The number of rotatable bonds is 3. The number of carbonyl (C=O) groups is 2. The maximum absolute atomic E-state index is 10.9. The van der Waals surface area contributed by atoms with E-state index >= 15 is 0 Å². The van der Waals surface area contributed by atoms with Crippen LogP contribution in [-0.4, -0.2) is 17.9 Å². The Bertz CT molecular complexity index is 238. The number of nitrogens with two attached hydrogens (primary N) is 2. The normalized spacial score (nSPS) is 10.5. The number of nitrogens with one attached hydrogen (secondary N) is 3.